The Balaban J connectivity index is 3.70. The second kappa shape index (κ2) is 12.0. The van der Waals surface area contributed by atoms with Crippen LogP contribution in [0, 0.1) is 5.92 Å². The largest absolute Gasteiger partial charge is 0.481 e. The van der Waals surface area contributed by atoms with Crippen molar-refractivity contribution in [2.24, 2.45) is 5.92 Å². The van der Waals surface area contributed by atoms with E-state index >= 15 is 0 Å². The molecule has 3 amide bonds. The summed E-state index contributed by atoms with van der Waals surface area (Å²) in [6.45, 7) is 3.28. The molecule has 0 aromatic carbocycles. The Bertz CT molecular complexity index is 336. The first-order valence-corrected chi connectivity index (χ1v) is 6.98. The summed E-state index contributed by atoms with van der Waals surface area (Å²) in [5.41, 5.74) is 0. The smallest absolute Gasteiger partial charge is 0.314 e. The molecule has 1 atom stereocenters. The molecule has 0 aliphatic rings. The van der Waals surface area contributed by atoms with Crippen LogP contribution in [0.5, 0.6) is 0 Å². The van der Waals surface area contributed by atoms with Gasteiger partial charge < -0.3 is 25.8 Å². The quantitative estimate of drug-likeness (QED) is 0.399. The maximum absolute atomic E-state index is 11.5. The number of methoxy groups -OCH3 is 1. The van der Waals surface area contributed by atoms with E-state index in [1.54, 1.807) is 7.11 Å². The van der Waals surface area contributed by atoms with Crippen molar-refractivity contribution in [2.45, 2.75) is 26.2 Å². The Labute approximate surface area is 124 Å². The Morgan fingerprint density at radius 3 is 2.43 bits per heavy atom. The first kappa shape index (κ1) is 19.2. The molecule has 0 aliphatic carbocycles. The van der Waals surface area contributed by atoms with Gasteiger partial charge in [0.25, 0.3) is 0 Å². The van der Waals surface area contributed by atoms with Gasteiger partial charge >= 0.3 is 12.0 Å². The SMILES string of the molecule is CCC(CNC(=O)NCCC(=O)NCCOC)CC(=O)O. The molecule has 0 spiro atoms. The lowest BCUT2D eigenvalue weighted by atomic mass is 10.0. The fraction of sp³-hybridized carbons (Fsp3) is 0.769. The molecule has 0 aromatic rings. The second-order valence-electron chi connectivity index (χ2n) is 4.60. The zero-order valence-corrected chi connectivity index (χ0v) is 12.6. The monoisotopic (exact) mass is 303 g/mol. The van der Waals surface area contributed by atoms with Gasteiger partial charge in [0.05, 0.1) is 6.61 Å². The molecule has 8 nitrogen and oxygen atoms in total. The van der Waals surface area contributed by atoms with Gasteiger partial charge in [-0.25, -0.2) is 4.79 Å². The summed E-state index contributed by atoms with van der Waals surface area (Å²) in [6.07, 6.45) is 0.886. The summed E-state index contributed by atoms with van der Waals surface area (Å²) in [5, 5.41) is 16.5. The highest BCUT2D eigenvalue weighted by atomic mass is 16.5. The molecule has 0 bridgehead atoms. The van der Waals surface area contributed by atoms with Crippen LogP contribution in [-0.4, -0.2) is 56.4 Å². The summed E-state index contributed by atoms with van der Waals surface area (Å²) in [6, 6.07) is -0.400. The van der Waals surface area contributed by atoms with E-state index < -0.39 is 12.0 Å². The third-order valence-electron chi connectivity index (χ3n) is 2.86. The summed E-state index contributed by atoms with van der Waals surface area (Å²) in [4.78, 5) is 33.4. The Morgan fingerprint density at radius 2 is 1.86 bits per heavy atom. The molecule has 8 heteroatoms. The highest BCUT2D eigenvalue weighted by molar-refractivity contribution is 5.78. The van der Waals surface area contributed by atoms with Gasteiger partial charge in [-0.2, -0.15) is 0 Å². The lowest BCUT2D eigenvalue weighted by Crippen LogP contribution is -2.40. The number of carboxylic acids is 1. The maximum Gasteiger partial charge on any atom is 0.314 e. The van der Waals surface area contributed by atoms with Gasteiger partial charge in [0.2, 0.25) is 5.91 Å². The van der Waals surface area contributed by atoms with Gasteiger partial charge in [0.15, 0.2) is 0 Å². The number of carbonyl (C=O) groups is 3. The summed E-state index contributed by atoms with van der Waals surface area (Å²) in [7, 11) is 1.55. The van der Waals surface area contributed by atoms with Crippen molar-refractivity contribution in [1.29, 1.82) is 0 Å². The number of carbonyl (C=O) groups excluding carboxylic acids is 2. The predicted octanol–water partition coefficient (Wildman–Crippen LogP) is -0.0608. The normalized spacial score (nSPS) is 11.5. The molecule has 0 aromatic heterocycles. The molecular formula is C13H25N3O5. The lowest BCUT2D eigenvalue weighted by molar-refractivity contribution is -0.138. The van der Waals surface area contributed by atoms with E-state index in [9.17, 15) is 14.4 Å². The van der Waals surface area contributed by atoms with Crippen LogP contribution in [0.1, 0.15) is 26.2 Å². The average molecular weight is 303 g/mol. The fourth-order valence-electron chi connectivity index (χ4n) is 1.58. The Morgan fingerprint density at radius 1 is 1.14 bits per heavy atom. The van der Waals surface area contributed by atoms with Gasteiger partial charge in [0.1, 0.15) is 0 Å². The van der Waals surface area contributed by atoms with E-state index in [4.69, 9.17) is 9.84 Å². The van der Waals surface area contributed by atoms with Crippen LogP contribution in [0.3, 0.4) is 0 Å². The molecule has 1 unspecified atom stereocenters. The van der Waals surface area contributed by atoms with Crippen molar-refractivity contribution in [1.82, 2.24) is 16.0 Å². The van der Waals surface area contributed by atoms with Crippen molar-refractivity contribution < 1.29 is 24.2 Å². The highest BCUT2D eigenvalue weighted by Gasteiger charge is 2.12. The number of carboxylic acid groups (broad SMARTS) is 1. The van der Waals surface area contributed by atoms with Crippen molar-refractivity contribution in [3.8, 4) is 0 Å². The van der Waals surface area contributed by atoms with Gasteiger partial charge in [0, 0.05) is 39.6 Å². The van der Waals surface area contributed by atoms with Crippen LogP contribution in [0.4, 0.5) is 4.79 Å². The third kappa shape index (κ3) is 11.7. The van der Waals surface area contributed by atoms with E-state index in [0.29, 0.717) is 26.1 Å². The predicted molar refractivity (Wildman–Crippen MR) is 76.9 cm³/mol. The summed E-state index contributed by atoms with van der Waals surface area (Å²) in [5.74, 6) is -1.13. The van der Waals surface area contributed by atoms with Crippen molar-refractivity contribution in [2.75, 3.05) is 33.4 Å². The van der Waals surface area contributed by atoms with Gasteiger partial charge in [-0.1, -0.05) is 13.3 Å². The molecule has 0 saturated carbocycles. The summed E-state index contributed by atoms with van der Waals surface area (Å²) < 4.78 is 4.79. The second-order valence-corrected chi connectivity index (χ2v) is 4.60. The molecule has 0 rings (SSSR count). The molecule has 0 aliphatic heterocycles. The number of rotatable bonds is 11. The minimum Gasteiger partial charge on any atom is -0.481 e. The Hall–Kier alpha value is -1.83. The number of amides is 3. The maximum atomic E-state index is 11.5. The molecule has 4 N–H and O–H groups in total. The minimum absolute atomic E-state index is 0.0265. The number of ether oxygens (including phenoxy) is 1. The van der Waals surface area contributed by atoms with Crippen molar-refractivity contribution in [3.05, 3.63) is 0 Å². The van der Waals surface area contributed by atoms with Gasteiger partial charge in [-0.3, -0.25) is 9.59 Å². The molecule has 0 radical (unpaired) electrons. The minimum atomic E-state index is -0.878. The Kier molecular flexibility index (Phi) is 10.9. The zero-order valence-electron chi connectivity index (χ0n) is 12.6. The van der Waals surface area contributed by atoms with E-state index in [0.717, 1.165) is 0 Å². The zero-order chi connectivity index (χ0) is 16.1. The number of urea groups is 1. The number of hydrogen-bond acceptors (Lipinski definition) is 4. The first-order valence-electron chi connectivity index (χ1n) is 6.98. The standard InChI is InChI=1S/C13H25N3O5/c1-3-10(8-12(18)19)9-16-13(20)15-5-4-11(17)14-6-7-21-2/h10H,3-9H2,1-2H3,(H,14,17)(H,18,19)(H2,15,16,20). The summed E-state index contributed by atoms with van der Waals surface area (Å²) >= 11 is 0. The third-order valence-corrected chi connectivity index (χ3v) is 2.86. The first-order chi connectivity index (χ1) is 9.99. The van der Waals surface area contributed by atoms with Gasteiger partial charge in [-0.15, -0.1) is 0 Å². The van der Waals surface area contributed by atoms with Crippen LogP contribution in [0.15, 0.2) is 0 Å². The molecule has 21 heavy (non-hydrogen) atoms. The number of hydrogen-bond donors (Lipinski definition) is 4. The average Bonchev–Trinajstić information content (AvgIpc) is 2.43. The van der Waals surface area contributed by atoms with Gasteiger partial charge in [-0.05, 0) is 5.92 Å². The fourth-order valence-corrected chi connectivity index (χ4v) is 1.58. The van der Waals surface area contributed by atoms with Crippen LogP contribution in [0.2, 0.25) is 0 Å². The van der Waals surface area contributed by atoms with E-state index in [1.807, 2.05) is 6.92 Å². The van der Waals surface area contributed by atoms with Crippen molar-refractivity contribution >= 4 is 17.9 Å². The van der Waals surface area contributed by atoms with E-state index in [2.05, 4.69) is 16.0 Å². The number of aliphatic carboxylic acids is 1. The molecule has 0 heterocycles. The molecule has 0 fully saturated rings. The van der Waals surface area contributed by atoms with Crippen LogP contribution in [0.25, 0.3) is 0 Å². The van der Waals surface area contributed by atoms with E-state index in [-0.39, 0.29) is 31.2 Å². The topological polar surface area (TPSA) is 117 Å². The highest BCUT2D eigenvalue weighted by Crippen LogP contribution is 2.06. The van der Waals surface area contributed by atoms with Crippen LogP contribution < -0.4 is 16.0 Å². The van der Waals surface area contributed by atoms with Crippen LogP contribution >= 0.6 is 0 Å². The molecule has 122 valence electrons. The van der Waals surface area contributed by atoms with Crippen molar-refractivity contribution in [3.63, 3.8) is 0 Å². The number of nitrogens with one attached hydrogen (secondary N) is 3. The lowest BCUT2D eigenvalue weighted by Gasteiger charge is -2.14. The molecular weight excluding hydrogens is 278 g/mol. The van der Waals surface area contributed by atoms with Crippen LogP contribution in [-0.2, 0) is 14.3 Å². The molecule has 0 saturated heterocycles. The van der Waals surface area contributed by atoms with E-state index in [1.165, 1.54) is 0 Å².